The molecular formula is C12H15I. The van der Waals surface area contributed by atoms with E-state index in [0.29, 0.717) is 0 Å². The Bertz CT molecular complexity index is 271. The first-order chi connectivity index (χ1) is 6.38. The molecule has 0 amide bonds. The molecule has 1 heteroatoms. The molecule has 1 atom stereocenters. The summed E-state index contributed by atoms with van der Waals surface area (Å²) in [5, 5.41) is 0. The Hall–Kier alpha value is -0.0500. The van der Waals surface area contributed by atoms with E-state index in [1.807, 2.05) is 0 Å². The van der Waals surface area contributed by atoms with Gasteiger partial charge in [0.15, 0.2) is 0 Å². The molecule has 2 aliphatic rings. The van der Waals surface area contributed by atoms with Gasteiger partial charge in [-0.25, -0.2) is 0 Å². The summed E-state index contributed by atoms with van der Waals surface area (Å²) in [4.78, 5) is 0. The quantitative estimate of drug-likeness (QED) is 0.501. The van der Waals surface area contributed by atoms with Crippen LogP contribution in [0.25, 0.3) is 0 Å². The van der Waals surface area contributed by atoms with Crippen LogP contribution in [0.5, 0.6) is 0 Å². The lowest BCUT2D eigenvalue weighted by molar-refractivity contribution is 0.732. The van der Waals surface area contributed by atoms with Gasteiger partial charge in [0, 0.05) is 3.92 Å². The van der Waals surface area contributed by atoms with Crippen molar-refractivity contribution in [2.24, 2.45) is 0 Å². The molecule has 0 radical (unpaired) electrons. The molecule has 0 heterocycles. The van der Waals surface area contributed by atoms with Crippen molar-refractivity contribution in [2.75, 3.05) is 0 Å². The van der Waals surface area contributed by atoms with Gasteiger partial charge in [-0.3, -0.25) is 0 Å². The highest BCUT2D eigenvalue weighted by molar-refractivity contribution is 14.1. The number of allylic oxidation sites excluding steroid dienone is 6. The van der Waals surface area contributed by atoms with Gasteiger partial charge in [0.05, 0.1) is 0 Å². The molecule has 0 fully saturated rings. The van der Waals surface area contributed by atoms with E-state index < -0.39 is 0 Å². The van der Waals surface area contributed by atoms with Crippen molar-refractivity contribution in [1.82, 2.24) is 0 Å². The highest BCUT2D eigenvalue weighted by atomic mass is 127. The maximum Gasteiger partial charge on any atom is 0.0362 e. The molecule has 1 unspecified atom stereocenters. The zero-order chi connectivity index (χ0) is 9.10. The lowest BCUT2D eigenvalue weighted by atomic mass is 9.91. The highest BCUT2D eigenvalue weighted by Crippen LogP contribution is 2.32. The molecule has 0 N–H and O–H groups in total. The lowest BCUT2D eigenvalue weighted by Gasteiger charge is -2.21. The third-order valence-corrected chi connectivity index (χ3v) is 3.99. The van der Waals surface area contributed by atoms with Gasteiger partial charge in [0.2, 0.25) is 0 Å². The number of alkyl halides is 1. The van der Waals surface area contributed by atoms with Gasteiger partial charge >= 0.3 is 0 Å². The molecule has 2 aliphatic carbocycles. The average Bonchev–Trinajstić information content (AvgIpc) is 2.20. The SMILES string of the molecule is IC1CCCC=C1C1=CCCC=C1. The fourth-order valence-corrected chi connectivity index (χ4v) is 3.02. The second-order valence-corrected chi connectivity index (χ2v) is 5.20. The zero-order valence-electron chi connectivity index (χ0n) is 7.80. The highest BCUT2D eigenvalue weighted by Gasteiger charge is 2.16. The maximum atomic E-state index is 2.58. The van der Waals surface area contributed by atoms with Crippen LogP contribution >= 0.6 is 22.6 Å². The summed E-state index contributed by atoms with van der Waals surface area (Å²) < 4.78 is 0.750. The first-order valence-corrected chi connectivity index (χ1v) is 6.33. The molecule has 0 saturated carbocycles. The normalized spacial score (nSPS) is 28.2. The summed E-state index contributed by atoms with van der Waals surface area (Å²) in [6, 6.07) is 0. The summed E-state index contributed by atoms with van der Waals surface area (Å²) in [6.07, 6.45) is 15.9. The van der Waals surface area contributed by atoms with Crippen LogP contribution in [-0.2, 0) is 0 Å². The molecule has 0 bridgehead atoms. The van der Waals surface area contributed by atoms with E-state index in [2.05, 4.69) is 46.9 Å². The van der Waals surface area contributed by atoms with Crippen LogP contribution in [-0.4, -0.2) is 3.92 Å². The lowest BCUT2D eigenvalue weighted by Crippen LogP contribution is -2.09. The second-order valence-electron chi connectivity index (χ2n) is 3.70. The fourth-order valence-electron chi connectivity index (χ4n) is 1.96. The predicted octanol–water partition coefficient (Wildman–Crippen LogP) is 4.18. The number of halogens is 1. The van der Waals surface area contributed by atoms with Crippen molar-refractivity contribution in [2.45, 2.75) is 36.0 Å². The Morgan fingerprint density at radius 3 is 2.77 bits per heavy atom. The Balaban J connectivity index is 2.18. The smallest absolute Gasteiger partial charge is 0.0362 e. The maximum absolute atomic E-state index is 2.58. The molecule has 70 valence electrons. The van der Waals surface area contributed by atoms with Crippen molar-refractivity contribution in [3.8, 4) is 0 Å². The molecule has 2 rings (SSSR count). The van der Waals surface area contributed by atoms with Gasteiger partial charge < -0.3 is 0 Å². The standard InChI is InChI=1S/C12H15I/c13-12-9-5-4-8-11(12)10-6-2-1-3-7-10/h2,6-8,12H,1,3-5,9H2. The average molecular weight is 286 g/mol. The molecule has 0 aromatic carbocycles. The van der Waals surface area contributed by atoms with Crippen LogP contribution in [0.2, 0.25) is 0 Å². The summed E-state index contributed by atoms with van der Waals surface area (Å²) >= 11 is 2.58. The van der Waals surface area contributed by atoms with E-state index in [1.165, 1.54) is 37.7 Å². The topological polar surface area (TPSA) is 0 Å². The van der Waals surface area contributed by atoms with Gasteiger partial charge in [0.1, 0.15) is 0 Å². The minimum Gasteiger partial charge on any atom is -0.0836 e. The third-order valence-electron chi connectivity index (χ3n) is 2.69. The van der Waals surface area contributed by atoms with Gasteiger partial charge in [0.25, 0.3) is 0 Å². The van der Waals surface area contributed by atoms with Gasteiger partial charge in [-0.2, -0.15) is 0 Å². The largest absolute Gasteiger partial charge is 0.0836 e. The van der Waals surface area contributed by atoms with Crippen LogP contribution in [0.1, 0.15) is 32.1 Å². The van der Waals surface area contributed by atoms with Crippen molar-refractivity contribution in [1.29, 1.82) is 0 Å². The Labute approximate surface area is 93.9 Å². The molecular weight excluding hydrogens is 271 g/mol. The number of hydrogen-bond acceptors (Lipinski definition) is 0. The van der Waals surface area contributed by atoms with Gasteiger partial charge in [-0.05, 0) is 43.3 Å². The summed E-state index contributed by atoms with van der Waals surface area (Å²) in [5.74, 6) is 0. The van der Waals surface area contributed by atoms with Gasteiger partial charge in [-0.1, -0.05) is 46.9 Å². The molecule has 0 spiro atoms. The molecule has 0 nitrogen and oxygen atoms in total. The summed E-state index contributed by atoms with van der Waals surface area (Å²) in [7, 11) is 0. The monoisotopic (exact) mass is 286 g/mol. The Kier molecular flexibility index (Phi) is 3.25. The fraction of sp³-hybridized carbons (Fsp3) is 0.500. The first kappa shape index (κ1) is 9.50. The molecule has 0 aliphatic heterocycles. The molecule has 13 heavy (non-hydrogen) atoms. The predicted molar refractivity (Wildman–Crippen MR) is 66.2 cm³/mol. The van der Waals surface area contributed by atoms with E-state index in [-0.39, 0.29) is 0 Å². The third kappa shape index (κ3) is 2.25. The summed E-state index contributed by atoms with van der Waals surface area (Å²) in [6.45, 7) is 0. The van der Waals surface area contributed by atoms with E-state index in [4.69, 9.17) is 0 Å². The van der Waals surface area contributed by atoms with E-state index in [9.17, 15) is 0 Å². The Morgan fingerprint density at radius 2 is 2.08 bits per heavy atom. The zero-order valence-corrected chi connectivity index (χ0v) is 9.96. The van der Waals surface area contributed by atoms with Crippen LogP contribution < -0.4 is 0 Å². The molecule has 0 aromatic rings. The van der Waals surface area contributed by atoms with E-state index in [0.717, 1.165) is 3.92 Å². The van der Waals surface area contributed by atoms with Crippen LogP contribution in [0.3, 0.4) is 0 Å². The van der Waals surface area contributed by atoms with Crippen LogP contribution in [0.15, 0.2) is 35.5 Å². The first-order valence-electron chi connectivity index (χ1n) is 5.09. The minimum absolute atomic E-state index is 0.750. The van der Waals surface area contributed by atoms with Crippen LogP contribution in [0, 0.1) is 0 Å². The molecule has 0 aromatic heterocycles. The van der Waals surface area contributed by atoms with Gasteiger partial charge in [-0.15, -0.1) is 0 Å². The second kappa shape index (κ2) is 4.45. The van der Waals surface area contributed by atoms with E-state index in [1.54, 1.807) is 5.57 Å². The summed E-state index contributed by atoms with van der Waals surface area (Å²) in [5.41, 5.74) is 3.08. The minimum atomic E-state index is 0.750. The number of rotatable bonds is 1. The van der Waals surface area contributed by atoms with E-state index >= 15 is 0 Å². The van der Waals surface area contributed by atoms with Crippen molar-refractivity contribution in [3.63, 3.8) is 0 Å². The van der Waals surface area contributed by atoms with Crippen molar-refractivity contribution < 1.29 is 0 Å². The van der Waals surface area contributed by atoms with Crippen molar-refractivity contribution >= 4 is 22.6 Å². The van der Waals surface area contributed by atoms with Crippen LogP contribution in [0.4, 0.5) is 0 Å². The van der Waals surface area contributed by atoms with Crippen molar-refractivity contribution in [3.05, 3.63) is 35.5 Å². The number of hydrogen-bond donors (Lipinski definition) is 0. The Morgan fingerprint density at radius 1 is 1.15 bits per heavy atom. The molecule has 0 saturated heterocycles.